The molecule has 0 bridgehead atoms. The molecule has 0 atom stereocenters. The highest BCUT2D eigenvalue weighted by molar-refractivity contribution is 6.17. The SMILES string of the molecule is CCc1cccc(C)c1NC(=O)C1(C(=O)Nc2ccccc2C)CC1. The Labute approximate surface area is 148 Å². The van der Waals surface area contributed by atoms with Crippen molar-refractivity contribution in [3.05, 3.63) is 59.2 Å². The second-order valence-corrected chi connectivity index (χ2v) is 6.77. The van der Waals surface area contributed by atoms with Crippen molar-refractivity contribution in [2.24, 2.45) is 5.41 Å². The van der Waals surface area contributed by atoms with Crippen molar-refractivity contribution in [1.82, 2.24) is 0 Å². The number of para-hydroxylation sites is 2. The summed E-state index contributed by atoms with van der Waals surface area (Å²) in [6, 6.07) is 13.6. The molecule has 4 nitrogen and oxygen atoms in total. The number of hydrogen-bond donors (Lipinski definition) is 2. The van der Waals surface area contributed by atoms with Crippen LogP contribution in [0, 0.1) is 19.3 Å². The summed E-state index contributed by atoms with van der Waals surface area (Å²) in [6.07, 6.45) is 2.01. The zero-order valence-electron chi connectivity index (χ0n) is 15.0. The molecule has 0 radical (unpaired) electrons. The maximum Gasteiger partial charge on any atom is 0.240 e. The number of benzene rings is 2. The monoisotopic (exact) mass is 336 g/mol. The number of carbonyl (C=O) groups is 2. The van der Waals surface area contributed by atoms with E-state index >= 15 is 0 Å². The lowest BCUT2D eigenvalue weighted by molar-refractivity contribution is -0.131. The summed E-state index contributed by atoms with van der Waals surface area (Å²) in [5, 5.41) is 5.94. The van der Waals surface area contributed by atoms with Gasteiger partial charge in [-0.1, -0.05) is 43.3 Å². The van der Waals surface area contributed by atoms with Crippen LogP contribution in [-0.2, 0) is 16.0 Å². The molecule has 2 amide bonds. The van der Waals surface area contributed by atoms with E-state index in [0.717, 1.165) is 34.5 Å². The van der Waals surface area contributed by atoms with Crippen molar-refractivity contribution >= 4 is 23.2 Å². The number of aryl methyl sites for hydroxylation is 3. The smallest absolute Gasteiger partial charge is 0.240 e. The number of nitrogens with one attached hydrogen (secondary N) is 2. The third kappa shape index (κ3) is 3.29. The van der Waals surface area contributed by atoms with Crippen LogP contribution >= 0.6 is 0 Å². The number of rotatable bonds is 5. The van der Waals surface area contributed by atoms with Crippen LogP contribution in [0.25, 0.3) is 0 Å². The molecule has 0 saturated heterocycles. The fourth-order valence-electron chi connectivity index (χ4n) is 3.07. The quantitative estimate of drug-likeness (QED) is 0.803. The topological polar surface area (TPSA) is 58.2 Å². The van der Waals surface area contributed by atoms with Crippen molar-refractivity contribution in [1.29, 1.82) is 0 Å². The molecule has 0 spiro atoms. The first-order valence-corrected chi connectivity index (χ1v) is 8.75. The minimum Gasteiger partial charge on any atom is -0.325 e. The maximum absolute atomic E-state index is 12.9. The summed E-state index contributed by atoms with van der Waals surface area (Å²) >= 11 is 0. The molecule has 0 unspecified atom stereocenters. The van der Waals surface area contributed by atoms with Gasteiger partial charge in [-0.05, 0) is 55.9 Å². The molecule has 1 fully saturated rings. The molecule has 130 valence electrons. The van der Waals surface area contributed by atoms with Gasteiger partial charge in [-0.15, -0.1) is 0 Å². The highest BCUT2D eigenvalue weighted by Crippen LogP contribution is 2.48. The number of amides is 2. The molecule has 2 aromatic rings. The van der Waals surface area contributed by atoms with Gasteiger partial charge in [0.15, 0.2) is 0 Å². The van der Waals surface area contributed by atoms with Crippen LogP contribution in [0.15, 0.2) is 42.5 Å². The molecular formula is C21H24N2O2. The van der Waals surface area contributed by atoms with Crippen molar-refractivity contribution < 1.29 is 9.59 Å². The van der Waals surface area contributed by atoms with E-state index in [9.17, 15) is 9.59 Å². The molecule has 2 N–H and O–H groups in total. The van der Waals surface area contributed by atoms with Crippen LogP contribution < -0.4 is 10.6 Å². The Morgan fingerprint density at radius 3 is 2.20 bits per heavy atom. The summed E-state index contributed by atoms with van der Waals surface area (Å²) in [7, 11) is 0. The molecule has 4 heteroatoms. The molecule has 25 heavy (non-hydrogen) atoms. The average molecular weight is 336 g/mol. The van der Waals surface area contributed by atoms with Gasteiger partial charge < -0.3 is 10.6 Å². The third-order valence-electron chi connectivity index (χ3n) is 4.99. The average Bonchev–Trinajstić information content (AvgIpc) is 3.40. The molecule has 1 saturated carbocycles. The van der Waals surface area contributed by atoms with Crippen LogP contribution in [0.1, 0.15) is 36.5 Å². The van der Waals surface area contributed by atoms with Gasteiger partial charge in [0.1, 0.15) is 5.41 Å². The fraction of sp³-hybridized carbons (Fsp3) is 0.333. The Morgan fingerprint density at radius 1 is 0.920 bits per heavy atom. The fourth-order valence-corrected chi connectivity index (χ4v) is 3.07. The zero-order valence-corrected chi connectivity index (χ0v) is 15.0. The van der Waals surface area contributed by atoms with E-state index in [1.165, 1.54) is 0 Å². The van der Waals surface area contributed by atoms with E-state index in [0.29, 0.717) is 12.8 Å². The first-order chi connectivity index (χ1) is 12.0. The summed E-state index contributed by atoms with van der Waals surface area (Å²) in [5.74, 6) is -0.423. The van der Waals surface area contributed by atoms with Crippen molar-refractivity contribution in [2.75, 3.05) is 10.6 Å². The van der Waals surface area contributed by atoms with Crippen LogP contribution in [-0.4, -0.2) is 11.8 Å². The standard InChI is InChI=1S/C21H24N2O2/c1-4-16-10-7-9-15(3)18(16)23-20(25)21(12-13-21)19(24)22-17-11-6-5-8-14(17)2/h5-11H,4,12-13H2,1-3H3,(H,22,24)(H,23,25). The third-order valence-corrected chi connectivity index (χ3v) is 4.99. The van der Waals surface area contributed by atoms with Crippen LogP contribution in [0.3, 0.4) is 0 Å². The first kappa shape index (κ1) is 17.2. The highest BCUT2D eigenvalue weighted by atomic mass is 16.2. The number of hydrogen-bond acceptors (Lipinski definition) is 2. The van der Waals surface area contributed by atoms with Gasteiger partial charge in [0.05, 0.1) is 0 Å². The number of carbonyl (C=O) groups excluding carboxylic acids is 2. The Bertz CT molecular complexity index is 822. The maximum atomic E-state index is 12.9. The van der Waals surface area contributed by atoms with Crippen LogP contribution in [0.2, 0.25) is 0 Å². The van der Waals surface area contributed by atoms with Gasteiger partial charge in [0.25, 0.3) is 0 Å². The molecule has 1 aliphatic rings. The molecular weight excluding hydrogens is 312 g/mol. The highest BCUT2D eigenvalue weighted by Gasteiger charge is 2.56. The van der Waals surface area contributed by atoms with Gasteiger partial charge >= 0.3 is 0 Å². The lowest BCUT2D eigenvalue weighted by Gasteiger charge is -2.19. The van der Waals surface area contributed by atoms with Gasteiger partial charge in [-0.25, -0.2) is 0 Å². The molecule has 0 heterocycles. The van der Waals surface area contributed by atoms with E-state index < -0.39 is 5.41 Å². The lowest BCUT2D eigenvalue weighted by atomic mass is 10.0. The molecule has 2 aromatic carbocycles. The summed E-state index contributed by atoms with van der Waals surface area (Å²) < 4.78 is 0. The zero-order chi connectivity index (χ0) is 18.0. The Balaban J connectivity index is 1.78. The van der Waals surface area contributed by atoms with Crippen LogP contribution in [0.5, 0.6) is 0 Å². The molecule has 1 aliphatic carbocycles. The summed E-state index contributed by atoms with van der Waals surface area (Å²) in [4.78, 5) is 25.6. The number of anilines is 2. The Hall–Kier alpha value is -2.62. The molecule has 3 rings (SSSR count). The summed E-state index contributed by atoms with van der Waals surface area (Å²) in [6.45, 7) is 5.97. The van der Waals surface area contributed by atoms with Gasteiger partial charge in [-0.3, -0.25) is 9.59 Å². The normalized spacial score (nSPS) is 14.7. The van der Waals surface area contributed by atoms with Crippen molar-refractivity contribution in [3.8, 4) is 0 Å². The minimum absolute atomic E-state index is 0.206. The van der Waals surface area contributed by atoms with E-state index in [1.807, 2.05) is 56.3 Å². The largest absolute Gasteiger partial charge is 0.325 e. The van der Waals surface area contributed by atoms with Gasteiger partial charge in [0, 0.05) is 11.4 Å². The van der Waals surface area contributed by atoms with Crippen molar-refractivity contribution in [2.45, 2.75) is 40.0 Å². The van der Waals surface area contributed by atoms with E-state index in [2.05, 4.69) is 17.6 Å². The molecule has 0 aliphatic heterocycles. The predicted octanol–water partition coefficient (Wildman–Crippen LogP) is 4.22. The lowest BCUT2D eigenvalue weighted by Crippen LogP contribution is -2.36. The van der Waals surface area contributed by atoms with Gasteiger partial charge in [0.2, 0.25) is 11.8 Å². The summed E-state index contributed by atoms with van der Waals surface area (Å²) in [5.41, 5.74) is 3.74. The van der Waals surface area contributed by atoms with E-state index in [-0.39, 0.29) is 11.8 Å². The predicted molar refractivity (Wildman–Crippen MR) is 101 cm³/mol. The minimum atomic E-state index is -0.949. The van der Waals surface area contributed by atoms with E-state index in [1.54, 1.807) is 0 Å². The van der Waals surface area contributed by atoms with E-state index in [4.69, 9.17) is 0 Å². The molecule has 0 aromatic heterocycles. The Morgan fingerprint density at radius 2 is 1.56 bits per heavy atom. The van der Waals surface area contributed by atoms with Crippen LogP contribution in [0.4, 0.5) is 11.4 Å². The first-order valence-electron chi connectivity index (χ1n) is 8.75. The second kappa shape index (κ2) is 6.71. The second-order valence-electron chi connectivity index (χ2n) is 6.77. The Kier molecular flexibility index (Phi) is 4.62. The van der Waals surface area contributed by atoms with Gasteiger partial charge in [-0.2, -0.15) is 0 Å². The van der Waals surface area contributed by atoms with Crippen molar-refractivity contribution in [3.63, 3.8) is 0 Å².